The fraction of sp³-hybridized carbons (Fsp3) is 0.455. The molecule has 0 aromatic carbocycles. The van der Waals surface area contributed by atoms with Gasteiger partial charge in [-0.15, -0.1) is 0 Å². The quantitative estimate of drug-likeness (QED) is 0.590. The zero-order valence-corrected chi connectivity index (χ0v) is 9.23. The summed E-state index contributed by atoms with van der Waals surface area (Å²) < 4.78 is 1.37. The first-order valence-electron chi connectivity index (χ1n) is 5.43. The smallest absolute Gasteiger partial charge is 0.350 e. The topological polar surface area (TPSA) is 101 Å². The zero-order chi connectivity index (χ0) is 12.4. The van der Waals surface area contributed by atoms with Gasteiger partial charge in [0.1, 0.15) is 5.82 Å². The molecule has 1 aromatic rings. The molecule has 0 amide bonds. The van der Waals surface area contributed by atoms with Gasteiger partial charge in [-0.1, -0.05) is 12.2 Å². The summed E-state index contributed by atoms with van der Waals surface area (Å²) in [7, 11) is 0. The van der Waals surface area contributed by atoms with Crippen molar-refractivity contribution < 1.29 is 10.2 Å². The number of rotatable bonds is 2. The Morgan fingerprint density at radius 1 is 1.59 bits per heavy atom. The molecular weight excluding hydrogens is 222 g/mol. The average Bonchev–Trinajstić information content (AvgIpc) is 2.29. The second kappa shape index (κ2) is 4.68. The third kappa shape index (κ3) is 2.22. The fourth-order valence-corrected chi connectivity index (χ4v) is 2.08. The predicted octanol–water partition coefficient (Wildman–Crippen LogP) is -0.704. The number of anilines is 1. The molecule has 92 valence electrons. The summed E-state index contributed by atoms with van der Waals surface area (Å²) in [6.07, 6.45) is 4.95. The van der Waals surface area contributed by atoms with E-state index >= 15 is 0 Å². The van der Waals surface area contributed by atoms with Crippen LogP contribution in [-0.2, 0) is 0 Å². The van der Waals surface area contributed by atoms with Crippen LogP contribution < -0.4 is 11.4 Å². The normalized spacial score (nSPS) is 28.2. The van der Waals surface area contributed by atoms with E-state index in [0.29, 0.717) is 6.42 Å². The van der Waals surface area contributed by atoms with Gasteiger partial charge >= 0.3 is 5.69 Å². The summed E-state index contributed by atoms with van der Waals surface area (Å²) in [5, 5.41) is 19.1. The van der Waals surface area contributed by atoms with Crippen molar-refractivity contribution in [2.75, 3.05) is 12.3 Å². The van der Waals surface area contributed by atoms with Crippen LogP contribution in [0.15, 0.2) is 29.2 Å². The molecule has 2 rings (SSSR count). The molecule has 6 heteroatoms. The van der Waals surface area contributed by atoms with Crippen molar-refractivity contribution in [3.05, 3.63) is 34.9 Å². The molecule has 0 radical (unpaired) electrons. The van der Waals surface area contributed by atoms with Crippen molar-refractivity contribution in [2.24, 2.45) is 5.92 Å². The van der Waals surface area contributed by atoms with E-state index in [1.165, 1.54) is 16.8 Å². The molecule has 0 aliphatic heterocycles. The second-order valence-corrected chi connectivity index (χ2v) is 4.11. The highest BCUT2D eigenvalue weighted by atomic mass is 16.3. The number of aromatic nitrogens is 2. The Bertz CT molecular complexity index is 483. The number of aliphatic hydroxyl groups is 2. The Labute approximate surface area is 98.0 Å². The molecule has 4 N–H and O–H groups in total. The Kier molecular flexibility index (Phi) is 3.26. The van der Waals surface area contributed by atoms with Gasteiger partial charge in [0.25, 0.3) is 0 Å². The maximum Gasteiger partial charge on any atom is 0.350 e. The molecule has 1 aliphatic carbocycles. The third-order valence-corrected chi connectivity index (χ3v) is 3.03. The molecule has 1 aliphatic rings. The minimum Gasteiger partial charge on any atom is -0.396 e. The van der Waals surface area contributed by atoms with Gasteiger partial charge in [-0.25, -0.2) is 4.79 Å². The number of allylic oxidation sites excluding steroid dienone is 1. The zero-order valence-electron chi connectivity index (χ0n) is 9.23. The Morgan fingerprint density at radius 2 is 2.35 bits per heavy atom. The average molecular weight is 237 g/mol. The first kappa shape index (κ1) is 11.8. The van der Waals surface area contributed by atoms with E-state index in [4.69, 9.17) is 5.73 Å². The molecule has 17 heavy (non-hydrogen) atoms. The molecule has 0 spiro atoms. The monoisotopic (exact) mass is 237 g/mol. The molecule has 0 saturated heterocycles. The van der Waals surface area contributed by atoms with Crippen LogP contribution in [0.2, 0.25) is 0 Å². The van der Waals surface area contributed by atoms with Crippen LogP contribution >= 0.6 is 0 Å². The van der Waals surface area contributed by atoms with E-state index in [-0.39, 0.29) is 18.5 Å². The lowest BCUT2D eigenvalue weighted by Crippen LogP contribution is -2.38. The highest BCUT2D eigenvalue weighted by Gasteiger charge is 2.30. The molecule has 1 heterocycles. The van der Waals surface area contributed by atoms with Crippen LogP contribution in [0.5, 0.6) is 0 Å². The van der Waals surface area contributed by atoms with Crippen LogP contribution in [0.1, 0.15) is 12.5 Å². The minimum atomic E-state index is -0.653. The van der Waals surface area contributed by atoms with Crippen LogP contribution in [-0.4, -0.2) is 32.5 Å². The summed E-state index contributed by atoms with van der Waals surface area (Å²) in [5.41, 5.74) is 4.93. The standard InChI is InChI=1S/C11H15N3O3/c12-10-4-5-14(11(17)13-10)8-2-1-3-9(16)7(8)6-15/h1-2,4-5,7-9,15-16H,3,6H2,(H2,12,13,17)/t7-,8?,9-/m1/s1. The highest BCUT2D eigenvalue weighted by molar-refractivity contribution is 5.24. The Balaban J connectivity index is 2.41. The van der Waals surface area contributed by atoms with Crippen molar-refractivity contribution in [1.29, 1.82) is 0 Å². The van der Waals surface area contributed by atoms with E-state index < -0.39 is 17.7 Å². The lowest BCUT2D eigenvalue weighted by Gasteiger charge is -2.31. The number of hydrogen-bond acceptors (Lipinski definition) is 5. The third-order valence-electron chi connectivity index (χ3n) is 3.03. The van der Waals surface area contributed by atoms with E-state index in [2.05, 4.69) is 4.98 Å². The molecule has 1 aromatic heterocycles. The Hall–Kier alpha value is -1.66. The maximum atomic E-state index is 11.7. The summed E-state index contributed by atoms with van der Waals surface area (Å²) in [6, 6.07) is 1.13. The van der Waals surface area contributed by atoms with Gasteiger partial charge < -0.3 is 15.9 Å². The van der Waals surface area contributed by atoms with Crippen molar-refractivity contribution in [3.8, 4) is 0 Å². The number of nitrogens with two attached hydrogens (primary N) is 1. The van der Waals surface area contributed by atoms with Crippen molar-refractivity contribution in [1.82, 2.24) is 9.55 Å². The van der Waals surface area contributed by atoms with Crippen LogP contribution in [0.25, 0.3) is 0 Å². The maximum absolute atomic E-state index is 11.7. The molecule has 3 atom stereocenters. The SMILES string of the molecule is Nc1ccn(C2C=CC[C@@H](O)[C@@H]2CO)c(=O)n1. The lowest BCUT2D eigenvalue weighted by molar-refractivity contribution is 0.0418. The number of nitrogen functional groups attached to an aromatic ring is 1. The predicted molar refractivity (Wildman–Crippen MR) is 62.3 cm³/mol. The van der Waals surface area contributed by atoms with Gasteiger partial charge in [-0.2, -0.15) is 4.98 Å². The van der Waals surface area contributed by atoms with Crippen molar-refractivity contribution in [2.45, 2.75) is 18.6 Å². The first-order valence-corrected chi connectivity index (χ1v) is 5.43. The highest BCUT2D eigenvalue weighted by Crippen LogP contribution is 2.27. The molecule has 0 fully saturated rings. The largest absolute Gasteiger partial charge is 0.396 e. The summed E-state index contributed by atoms with van der Waals surface area (Å²) in [6.45, 7) is -0.188. The van der Waals surface area contributed by atoms with E-state index in [9.17, 15) is 15.0 Å². The van der Waals surface area contributed by atoms with Crippen molar-refractivity contribution >= 4 is 5.82 Å². The van der Waals surface area contributed by atoms with Crippen LogP contribution in [0, 0.1) is 5.92 Å². The molecule has 6 nitrogen and oxygen atoms in total. The van der Waals surface area contributed by atoms with Crippen molar-refractivity contribution in [3.63, 3.8) is 0 Å². The van der Waals surface area contributed by atoms with Gasteiger partial charge in [-0.3, -0.25) is 4.57 Å². The first-order chi connectivity index (χ1) is 8.13. The fourth-order valence-electron chi connectivity index (χ4n) is 2.08. The number of hydrogen-bond donors (Lipinski definition) is 3. The van der Waals surface area contributed by atoms with Gasteiger partial charge in [0.05, 0.1) is 18.8 Å². The van der Waals surface area contributed by atoms with Gasteiger partial charge in [0, 0.05) is 12.1 Å². The summed E-state index contributed by atoms with van der Waals surface area (Å²) >= 11 is 0. The summed E-state index contributed by atoms with van der Waals surface area (Å²) in [4.78, 5) is 15.3. The second-order valence-electron chi connectivity index (χ2n) is 4.11. The lowest BCUT2D eigenvalue weighted by atomic mass is 9.87. The summed E-state index contributed by atoms with van der Waals surface area (Å²) in [5.74, 6) is -0.240. The van der Waals surface area contributed by atoms with Gasteiger partial charge in [0.15, 0.2) is 0 Å². The van der Waals surface area contributed by atoms with E-state index in [1.54, 1.807) is 12.2 Å². The Morgan fingerprint density at radius 3 is 3.00 bits per heavy atom. The number of aliphatic hydroxyl groups excluding tert-OH is 2. The van der Waals surface area contributed by atoms with Gasteiger partial charge in [-0.05, 0) is 12.5 Å². The van der Waals surface area contributed by atoms with E-state index in [1.807, 2.05) is 0 Å². The molecule has 0 bridgehead atoms. The number of nitrogens with zero attached hydrogens (tertiary/aromatic N) is 2. The van der Waals surface area contributed by atoms with Crippen LogP contribution in [0.3, 0.4) is 0 Å². The van der Waals surface area contributed by atoms with Crippen LogP contribution in [0.4, 0.5) is 5.82 Å². The minimum absolute atomic E-state index is 0.159. The van der Waals surface area contributed by atoms with E-state index in [0.717, 1.165) is 0 Å². The van der Waals surface area contributed by atoms with Gasteiger partial charge in [0.2, 0.25) is 0 Å². The molecule has 0 saturated carbocycles. The molecule has 1 unspecified atom stereocenters. The molecular formula is C11H15N3O3.